The quantitative estimate of drug-likeness (QED) is 0.586. The lowest BCUT2D eigenvalue weighted by atomic mass is 9.96. The fourth-order valence-corrected chi connectivity index (χ4v) is 2.29. The zero-order valence-corrected chi connectivity index (χ0v) is 12.7. The van der Waals surface area contributed by atoms with Crippen molar-refractivity contribution in [1.82, 2.24) is 16.0 Å². The molecule has 1 aliphatic carbocycles. The molecule has 7 heteroatoms. The second-order valence-electron chi connectivity index (χ2n) is 5.70. The molecule has 21 heavy (non-hydrogen) atoms. The molecule has 1 fully saturated rings. The third-order valence-corrected chi connectivity index (χ3v) is 3.94. The van der Waals surface area contributed by atoms with Crippen molar-refractivity contribution in [2.45, 2.75) is 64.0 Å². The van der Waals surface area contributed by atoms with E-state index in [1.54, 1.807) is 6.92 Å². The van der Waals surface area contributed by atoms with E-state index in [1.807, 2.05) is 0 Å². The minimum absolute atomic E-state index is 0.168. The smallest absolute Gasteiger partial charge is 0.329 e. The number of urea groups is 1. The van der Waals surface area contributed by atoms with Gasteiger partial charge in [-0.05, 0) is 26.2 Å². The molecule has 3 amide bonds. The first kappa shape index (κ1) is 17.3. The fraction of sp³-hybridized carbons (Fsp3) is 0.786. The number of carbonyl (C=O) groups is 3. The molecule has 1 rings (SSSR count). The lowest BCUT2D eigenvalue weighted by Gasteiger charge is -2.25. The Balaban J connectivity index is 2.31. The van der Waals surface area contributed by atoms with E-state index in [4.69, 9.17) is 5.11 Å². The first-order valence-electron chi connectivity index (χ1n) is 7.46. The van der Waals surface area contributed by atoms with Gasteiger partial charge < -0.3 is 21.1 Å². The van der Waals surface area contributed by atoms with Crippen LogP contribution in [0, 0.1) is 0 Å². The van der Waals surface area contributed by atoms with Crippen molar-refractivity contribution >= 4 is 17.9 Å². The zero-order chi connectivity index (χ0) is 15.9. The molecule has 7 nitrogen and oxygen atoms in total. The predicted molar refractivity (Wildman–Crippen MR) is 77.9 cm³/mol. The number of carbonyl (C=O) groups excluding carboxylic acids is 2. The van der Waals surface area contributed by atoms with Gasteiger partial charge in [-0.3, -0.25) is 4.79 Å². The molecule has 0 aromatic heterocycles. The summed E-state index contributed by atoms with van der Waals surface area (Å²) in [5.41, 5.74) is -1.31. The standard InChI is InChI=1S/C14H25N3O4/c1-3-14(2,12(19)20)17-11(18)9-15-13(21)16-10-7-5-4-6-8-10/h10H,3-9H2,1-2H3,(H,17,18)(H,19,20)(H2,15,16,21). The zero-order valence-electron chi connectivity index (χ0n) is 12.7. The molecule has 1 unspecified atom stereocenters. The van der Waals surface area contributed by atoms with Crippen molar-refractivity contribution in [3.63, 3.8) is 0 Å². The summed E-state index contributed by atoms with van der Waals surface area (Å²) in [6, 6.07) is -0.215. The van der Waals surface area contributed by atoms with E-state index in [2.05, 4.69) is 16.0 Å². The summed E-state index contributed by atoms with van der Waals surface area (Å²) in [4.78, 5) is 34.4. The Morgan fingerprint density at radius 3 is 2.33 bits per heavy atom. The fourth-order valence-electron chi connectivity index (χ4n) is 2.29. The Kier molecular flexibility index (Phi) is 6.45. The average molecular weight is 299 g/mol. The maximum absolute atomic E-state index is 11.7. The van der Waals surface area contributed by atoms with Gasteiger partial charge in [-0.15, -0.1) is 0 Å². The molecule has 1 aliphatic rings. The summed E-state index contributed by atoms with van der Waals surface area (Å²) < 4.78 is 0. The molecule has 0 aliphatic heterocycles. The topological polar surface area (TPSA) is 108 Å². The number of hydrogen-bond donors (Lipinski definition) is 4. The van der Waals surface area contributed by atoms with E-state index in [1.165, 1.54) is 13.3 Å². The highest BCUT2D eigenvalue weighted by atomic mass is 16.4. The van der Waals surface area contributed by atoms with Gasteiger partial charge in [0.2, 0.25) is 5.91 Å². The molecule has 0 heterocycles. The van der Waals surface area contributed by atoms with Crippen molar-refractivity contribution in [2.75, 3.05) is 6.54 Å². The molecule has 0 saturated heterocycles. The molecule has 1 saturated carbocycles. The second-order valence-corrected chi connectivity index (χ2v) is 5.70. The third kappa shape index (κ3) is 5.61. The summed E-state index contributed by atoms with van der Waals surface area (Å²) in [6.07, 6.45) is 5.62. The van der Waals surface area contributed by atoms with Crippen LogP contribution in [-0.2, 0) is 9.59 Å². The number of hydrogen-bond acceptors (Lipinski definition) is 3. The highest BCUT2D eigenvalue weighted by Crippen LogP contribution is 2.17. The monoisotopic (exact) mass is 299 g/mol. The van der Waals surface area contributed by atoms with E-state index in [9.17, 15) is 14.4 Å². The van der Waals surface area contributed by atoms with Gasteiger partial charge in [0.05, 0.1) is 6.54 Å². The predicted octanol–water partition coefficient (Wildman–Crippen LogP) is 0.988. The van der Waals surface area contributed by atoms with E-state index in [0.29, 0.717) is 0 Å². The van der Waals surface area contributed by atoms with Crippen LogP contribution in [0.3, 0.4) is 0 Å². The van der Waals surface area contributed by atoms with Crippen LogP contribution in [0.25, 0.3) is 0 Å². The van der Waals surface area contributed by atoms with Crippen molar-refractivity contribution < 1.29 is 19.5 Å². The lowest BCUT2D eigenvalue weighted by Crippen LogP contribution is -2.55. The first-order chi connectivity index (χ1) is 9.87. The van der Waals surface area contributed by atoms with E-state index in [-0.39, 0.29) is 25.0 Å². The van der Waals surface area contributed by atoms with Gasteiger partial charge in [0.25, 0.3) is 0 Å². The van der Waals surface area contributed by atoms with Crippen LogP contribution in [0.2, 0.25) is 0 Å². The summed E-state index contributed by atoms with van der Waals surface area (Å²) in [6.45, 7) is 2.88. The number of carboxylic acids is 1. The van der Waals surface area contributed by atoms with Crippen LogP contribution in [-0.4, -0.2) is 41.1 Å². The Labute approximate surface area is 124 Å². The highest BCUT2D eigenvalue weighted by Gasteiger charge is 2.32. The van der Waals surface area contributed by atoms with Gasteiger partial charge in [-0.25, -0.2) is 9.59 Å². The van der Waals surface area contributed by atoms with Gasteiger partial charge in [0.15, 0.2) is 0 Å². The summed E-state index contributed by atoms with van der Waals surface area (Å²) in [5, 5.41) is 16.8. The van der Waals surface area contributed by atoms with Crippen LogP contribution in [0.5, 0.6) is 0 Å². The lowest BCUT2D eigenvalue weighted by molar-refractivity contribution is -0.146. The average Bonchev–Trinajstić information content (AvgIpc) is 2.46. The molecular weight excluding hydrogens is 274 g/mol. The number of amides is 3. The van der Waals surface area contributed by atoms with Crippen molar-refractivity contribution in [2.24, 2.45) is 0 Å². The molecule has 0 radical (unpaired) electrons. The number of carboxylic acid groups (broad SMARTS) is 1. The summed E-state index contributed by atoms with van der Waals surface area (Å²) in [5.74, 6) is -1.61. The number of nitrogens with one attached hydrogen (secondary N) is 3. The van der Waals surface area contributed by atoms with Crippen molar-refractivity contribution in [3.8, 4) is 0 Å². The highest BCUT2D eigenvalue weighted by molar-refractivity contribution is 5.89. The van der Waals surface area contributed by atoms with Gasteiger partial charge >= 0.3 is 12.0 Å². The SMILES string of the molecule is CCC(C)(NC(=O)CNC(=O)NC1CCCCC1)C(=O)O. The Morgan fingerprint density at radius 2 is 1.81 bits per heavy atom. The molecule has 120 valence electrons. The summed E-state index contributed by atoms with van der Waals surface area (Å²) in [7, 11) is 0. The number of rotatable bonds is 6. The van der Waals surface area contributed by atoms with Gasteiger partial charge in [-0.2, -0.15) is 0 Å². The second kappa shape index (κ2) is 7.85. The molecule has 4 N–H and O–H groups in total. The van der Waals surface area contributed by atoms with E-state index < -0.39 is 17.4 Å². The minimum atomic E-state index is -1.31. The molecule has 0 aromatic rings. The van der Waals surface area contributed by atoms with E-state index >= 15 is 0 Å². The van der Waals surface area contributed by atoms with Crippen molar-refractivity contribution in [3.05, 3.63) is 0 Å². The maximum atomic E-state index is 11.7. The molecular formula is C14H25N3O4. The minimum Gasteiger partial charge on any atom is -0.480 e. The van der Waals surface area contributed by atoms with Crippen molar-refractivity contribution in [1.29, 1.82) is 0 Å². The Morgan fingerprint density at radius 1 is 1.19 bits per heavy atom. The normalized spacial score (nSPS) is 18.4. The van der Waals surface area contributed by atoms with E-state index in [0.717, 1.165) is 25.7 Å². The maximum Gasteiger partial charge on any atom is 0.329 e. The van der Waals surface area contributed by atoms with Crippen LogP contribution in [0.4, 0.5) is 4.79 Å². The Bertz CT molecular complexity index is 394. The van der Waals surface area contributed by atoms with Crippen LogP contribution in [0.1, 0.15) is 52.4 Å². The number of aliphatic carboxylic acids is 1. The van der Waals surface area contributed by atoms with Gasteiger partial charge in [-0.1, -0.05) is 26.2 Å². The van der Waals surface area contributed by atoms with Crippen LogP contribution >= 0.6 is 0 Å². The molecule has 0 aromatic carbocycles. The molecule has 1 atom stereocenters. The van der Waals surface area contributed by atoms with Crippen LogP contribution in [0.15, 0.2) is 0 Å². The Hall–Kier alpha value is -1.79. The molecule has 0 bridgehead atoms. The van der Waals surface area contributed by atoms with Gasteiger partial charge in [0, 0.05) is 6.04 Å². The largest absolute Gasteiger partial charge is 0.480 e. The van der Waals surface area contributed by atoms with Gasteiger partial charge in [0.1, 0.15) is 5.54 Å². The van der Waals surface area contributed by atoms with Crippen LogP contribution < -0.4 is 16.0 Å². The third-order valence-electron chi connectivity index (χ3n) is 3.94. The first-order valence-corrected chi connectivity index (χ1v) is 7.46. The molecule has 0 spiro atoms. The summed E-state index contributed by atoms with van der Waals surface area (Å²) >= 11 is 0.